The average Bonchev–Trinajstić information content (AvgIpc) is 2.75. The summed E-state index contributed by atoms with van der Waals surface area (Å²) in [6, 6.07) is -2.97. The van der Waals surface area contributed by atoms with Crippen LogP contribution in [0.15, 0.2) is 0 Å². The van der Waals surface area contributed by atoms with Crippen LogP contribution < -0.4 is 0 Å². The van der Waals surface area contributed by atoms with Crippen molar-refractivity contribution in [3.8, 4) is 0 Å². The number of carbonyl (C=O) groups is 4. The molecule has 0 aliphatic carbocycles. The third-order valence-electron chi connectivity index (χ3n) is 5.12. The summed E-state index contributed by atoms with van der Waals surface area (Å²) >= 11 is 0. The first-order valence-corrected chi connectivity index (χ1v) is 11.2. The summed E-state index contributed by atoms with van der Waals surface area (Å²) < 4.78 is 20.5. The molecule has 0 aliphatic heterocycles. The average molecular weight is 461 g/mol. The van der Waals surface area contributed by atoms with Crippen molar-refractivity contribution < 1.29 is 38.1 Å². The summed E-state index contributed by atoms with van der Waals surface area (Å²) in [6.45, 7) is 14.6. The zero-order chi connectivity index (χ0) is 24.8. The number of nitrogens with zero attached hydrogens (tertiary/aromatic N) is 2. The standard InChI is InChI=1S/C22H40N2O8/c1-9-29-19(25)15(5)23(16(6)20(26)30-10-2)13-14-24(17(7)21(27)31-11-3)18(8)22(28)32-12-4/h15-18H,9-14H2,1-8H3/t15-,16-,17+,18+. The molecule has 10 nitrogen and oxygen atoms in total. The van der Waals surface area contributed by atoms with Gasteiger partial charge in [-0.2, -0.15) is 0 Å². The van der Waals surface area contributed by atoms with Crippen LogP contribution in [0.5, 0.6) is 0 Å². The summed E-state index contributed by atoms with van der Waals surface area (Å²) in [6.07, 6.45) is 0. The lowest BCUT2D eigenvalue weighted by molar-refractivity contribution is -0.160. The van der Waals surface area contributed by atoms with Crippen molar-refractivity contribution in [1.29, 1.82) is 0 Å². The predicted molar refractivity (Wildman–Crippen MR) is 118 cm³/mol. The maximum atomic E-state index is 12.4. The largest absolute Gasteiger partial charge is 0.465 e. The molecule has 0 fully saturated rings. The smallest absolute Gasteiger partial charge is 0.323 e. The Morgan fingerprint density at radius 1 is 0.500 bits per heavy atom. The predicted octanol–water partition coefficient (Wildman–Crippen LogP) is 1.40. The molecule has 0 aromatic rings. The zero-order valence-electron chi connectivity index (χ0n) is 20.7. The van der Waals surface area contributed by atoms with Crippen LogP contribution in [0, 0.1) is 0 Å². The number of ether oxygens (including phenoxy) is 4. The molecule has 0 aliphatic rings. The highest BCUT2D eigenvalue weighted by atomic mass is 16.5. The van der Waals surface area contributed by atoms with Gasteiger partial charge in [0.25, 0.3) is 0 Å². The van der Waals surface area contributed by atoms with E-state index < -0.39 is 48.0 Å². The Labute approximate surface area is 191 Å². The molecule has 32 heavy (non-hydrogen) atoms. The van der Waals surface area contributed by atoms with Gasteiger partial charge in [0.1, 0.15) is 24.2 Å². The zero-order valence-corrected chi connectivity index (χ0v) is 20.7. The molecule has 0 radical (unpaired) electrons. The minimum absolute atomic E-state index is 0.188. The maximum absolute atomic E-state index is 12.4. The normalized spacial score (nSPS) is 14.9. The first-order chi connectivity index (χ1) is 15.1. The monoisotopic (exact) mass is 460 g/mol. The molecule has 0 saturated carbocycles. The summed E-state index contributed by atoms with van der Waals surface area (Å²) in [7, 11) is 0. The number of carbonyl (C=O) groups excluding carboxylic acids is 4. The van der Waals surface area contributed by atoms with E-state index in [2.05, 4.69) is 0 Å². The second-order valence-electron chi connectivity index (χ2n) is 7.19. The van der Waals surface area contributed by atoms with Gasteiger partial charge in [-0.15, -0.1) is 0 Å². The second kappa shape index (κ2) is 15.6. The van der Waals surface area contributed by atoms with E-state index in [0.717, 1.165) is 0 Å². The van der Waals surface area contributed by atoms with Crippen LogP contribution >= 0.6 is 0 Å². The number of rotatable bonds is 15. The number of hydrogen-bond acceptors (Lipinski definition) is 10. The lowest BCUT2D eigenvalue weighted by atomic mass is 10.1. The van der Waals surface area contributed by atoms with E-state index in [0.29, 0.717) is 0 Å². The molecule has 0 heterocycles. The van der Waals surface area contributed by atoms with Crippen molar-refractivity contribution in [2.45, 2.75) is 79.6 Å². The van der Waals surface area contributed by atoms with E-state index in [-0.39, 0.29) is 39.5 Å². The number of esters is 4. The first-order valence-electron chi connectivity index (χ1n) is 11.2. The molecular weight excluding hydrogens is 420 g/mol. The van der Waals surface area contributed by atoms with Gasteiger partial charge in [0.05, 0.1) is 26.4 Å². The molecule has 10 heteroatoms. The summed E-state index contributed by atoms with van der Waals surface area (Å²) in [5.74, 6) is -1.92. The first kappa shape index (κ1) is 29.8. The van der Waals surface area contributed by atoms with Gasteiger partial charge in [0.2, 0.25) is 0 Å². The van der Waals surface area contributed by atoms with Gasteiger partial charge in [-0.1, -0.05) is 0 Å². The van der Waals surface area contributed by atoms with Gasteiger partial charge < -0.3 is 18.9 Å². The van der Waals surface area contributed by atoms with E-state index in [1.165, 1.54) is 0 Å². The molecule has 4 atom stereocenters. The fourth-order valence-corrected chi connectivity index (χ4v) is 3.27. The van der Waals surface area contributed by atoms with Gasteiger partial charge in [0.15, 0.2) is 0 Å². The van der Waals surface area contributed by atoms with Crippen molar-refractivity contribution in [3.63, 3.8) is 0 Å². The van der Waals surface area contributed by atoms with Crippen LogP contribution in [0.1, 0.15) is 55.4 Å². The van der Waals surface area contributed by atoms with Crippen LogP contribution in [0.25, 0.3) is 0 Å². The van der Waals surface area contributed by atoms with E-state index in [4.69, 9.17) is 18.9 Å². The molecular formula is C22H40N2O8. The van der Waals surface area contributed by atoms with Crippen molar-refractivity contribution in [3.05, 3.63) is 0 Å². The minimum atomic E-state index is -0.744. The Kier molecular flexibility index (Phi) is 14.5. The molecule has 0 unspecified atom stereocenters. The van der Waals surface area contributed by atoms with Gasteiger partial charge in [-0.05, 0) is 55.4 Å². The fraction of sp³-hybridized carbons (Fsp3) is 0.818. The van der Waals surface area contributed by atoms with Crippen molar-refractivity contribution >= 4 is 23.9 Å². The Balaban J connectivity index is 5.79. The van der Waals surface area contributed by atoms with E-state index in [9.17, 15) is 19.2 Å². The Hall–Kier alpha value is -2.20. The van der Waals surface area contributed by atoms with Crippen LogP contribution in [-0.4, -0.2) is 97.4 Å². The van der Waals surface area contributed by atoms with Gasteiger partial charge >= 0.3 is 23.9 Å². The third-order valence-corrected chi connectivity index (χ3v) is 5.12. The Morgan fingerprint density at radius 2 is 0.688 bits per heavy atom. The van der Waals surface area contributed by atoms with Gasteiger partial charge in [-0.3, -0.25) is 29.0 Å². The van der Waals surface area contributed by atoms with E-state index >= 15 is 0 Å². The molecule has 0 saturated heterocycles. The molecule has 0 spiro atoms. The lowest BCUT2D eigenvalue weighted by Gasteiger charge is -2.36. The summed E-state index contributed by atoms with van der Waals surface area (Å²) in [4.78, 5) is 52.8. The Morgan fingerprint density at radius 3 is 0.844 bits per heavy atom. The molecule has 0 rings (SSSR count). The molecule has 0 aromatic carbocycles. The van der Waals surface area contributed by atoms with Crippen LogP contribution in [0.2, 0.25) is 0 Å². The van der Waals surface area contributed by atoms with Crippen molar-refractivity contribution in [2.75, 3.05) is 39.5 Å². The highest BCUT2D eigenvalue weighted by molar-refractivity contribution is 5.80. The lowest BCUT2D eigenvalue weighted by Crippen LogP contribution is -2.55. The SMILES string of the molecule is CCOC(=O)[C@@H](C)N(CCN([C@@H](C)C(=O)OCC)[C@@H](C)C(=O)OCC)[C@H](C)C(=O)OCC. The molecule has 0 N–H and O–H groups in total. The van der Waals surface area contributed by atoms with Gasteiger partial charge in [0, 0.05) is 13.1 Å². The van der Waals surface area contributed by atoms with Crippen LogP contribution in [0.4, 0.5) is 0 Å². The highest BCUT2D eigenvalue weighted by Crippen LogP contribution is 2.14. The minimum Gasteiger partial charge on any atom is -0.465 e. The third kappa shape index (κ3) is 9.12. The molecule has 0 amide bonds. The fourth-order valence-electron chi connectivity index (χ4n) is 3.27. The van der Waals surface area contributed by atoms with E-state index in [1.807, 2.05) is 0 Å². The summed E-state index contributed by atoms with van der Waals surface area (Å²) in [5, 5.41) is 0. The van der Waals surface area contributed by atoms with Crippen molar-refractivity contribution in [1.82, 2.24) is 9.80 Å². The summed E-state index contributed by atoms with van der Waals surface area (Å²) in [5.41, 5.74) is 0. The second-order valence-corrected chi connectivity index (χ2v) is 7.19. The topological polar surface area (TPSA) is 112 Å². The quantitative estimate of drug-likeness (QED) is 0.262. The van der Waals surface area contributed by atoms with Gasteiger partial charge in [-0.25, -0.2) is 0 Å². The number of hydrogen-bond donors (Lipinski definition) is 0. The van der Waals surface area contributed by atoms with Crippen LogP contribution in [0.3, 0.4) is 0 Å². The molecule has 0 aromatic heterocycles. The van der Waals surface area contributed by atoms with Crippen LogP contribution in [-0.2, 0) is 38.1 Å². The maximum Gasteiger partial charge on any atom is 0.323 e. The molecule has 186 valence electrons. The highest BCUT2D eigenvalue weighted by Gasteiger charge is 2.35. The van der Waals surface area contributed by atoms with E-state index in [1.54, 1.807) is 65.2 Å². The molecule has 0 bridgehead atoms. The Bertz CT molecular complexity index is 513. The van der Waals surface area contributed by atoms with Crippen molar-refractivity contribution in [2.24, 2.45) is 0 Å².